The van der Waals surface area contributed by atoms with Crippen molar-refractivity contribution in [1.82, 2.24) is 0 Å². The molecule has 2 aromatic rings. The number of allylic oxidation sites excluding steroid dienone is 3. The van der Waals surface area contributed by atoms with Gasteiger partial charge in [-0.1, -0.05) is 68.5 Å². The predicted octanol–water partition coefficient (Wildman–Crippen LogP) is 5.63. The lowest BCUT2D eigenvalue weighted by molar-refractivity contribution is 0.475. The molecule has 2 aromatic carbocycles. The van der Waals surface area contributed by atoms with Crippen LogP contribution in [0.5, 0.6) is 5.75 Å². The molecule has 1 heteroatoms. The van der Waals surface area contributed by atoms with Gasteiger partial charge in [0.15, 0.2) is 0 Å². The zero-order valence-corrected chi connectivity index (χ0v) is 12.9. The molecule has 0 radical (unpaired) electrons. The van der Waals surface area contributed by atoms with Gasteiger partial charge < -0.3 is 5.11 Å². The van der Waals surface area contributed by atoms with Crippen molar-refractivity contribution in [3.63, 3.8) is 0 Å². The first kappa shape index (κ1) is 15.1. The SMILES string of the molecule is CC(=CC=Cc1ccc(C(C)C)cc1)c1ccc(O)cc1. The molecule has 0 aromatic heterocycles. The third-order valence-electron chi connectivity index (χ3n) is 3.56. The van der Waals surface area contributed by atoms with E-state index in [9.17, 15) is 5.11 Å². The Bertz CT molecular complexity index is 629. The predicted molar refractivity (Wildman–Crippen MR) is 91.3 cm³/mol. The van der Waals surface area contributed by atoms with E-state index < -0.39 is 0 Å². The number of benzene rings is 2. The highest BCUT2D eigenvalue weighted by Crippen LogP contribution is 2.18. The highest BCUT2D eigenvalue weighted by Gasteiger charge is 1.97. The molecule has 0 unspecified atom stereocenters. The van der Waals surface area contributed by atoms with Crippen LogP contribution < -0.4 is 0 Å². The third-order valence-corrected chi connectivity index (χ3v) is 3.56. The minimum Gasteiger partial charge on any atom is -0.508 e. The first-order valence-electron chi connectivity index (χ1n) is 7.30. The summed E-state index contributed by atoms with van der Waals surface area (Å²) < 4.78 is 0. The average molecular weight is 278 g/mol. The molecule has 0 amide bonds. The molecule has 2 rings (SSSR count). The zero-order valence-electron chi connectivity index (χ0n) is 12.9. The summed E-state index contributed by atoms with van der Waals surface area (Å²) in [6.45, 7) is 6.47. The Kier molecular flexibility index (Phi) is 4.99. The number of phenols is 1. The fourth-order valence-electron chi connectivity index (χ4n) is 2.12. The molecule has 0 saturated carbocycles. The molecule has 0 fully saturated rings. The van der Waals surface area contributed by atoms with Crippen LogP contribution in [0.4, 0.5) is 0 Å². The maximum absolute atomic E-state index is 9.29. The van der Waals surface area contributed by atoms with E-state index in [-0.39, 0.29) is 0 Å². The lowest BCUT2D eigenvalue weighted by atomic mass is 10.0. The topological polar surface area (TPSA) is 20.2 Å². The summed E-state index contributed by atoms with van der Waals surface area (Å²) >= 11 is 0. The second-order valence-electron chi connectivity index (χ2n) is 5.58. The normalized spacial score (nSPS) is 12.3. The lowest BCUT2D eigenvalue weighted by Crippen LogP contribution is -1.85. The molecule has 0 heterocycles. The second-order valence-corrected chi connectivity index (χ2v) is 5.58. The molecule has 0 bridgehead atoms. The van der Waals surface area contributed by atoms with E-state index in [2.05, 4.69) is 63.3 Å². The zero-order chi connectivity index (χ0) is 15.2. The Labute approximate surface area is 127 Å². The van der Waals surface area contributed by atoms with Crippen LogP contribution in [0.15, 0.2) is 60.7 Å². The minimum absolute atomic E-state index is 0.298. The van der Waals surface area contributed by atoms with Crippen molar-refractivity contribution >= 4 is 11.6 Å². The second kappa shape index (κ2) is 6.94. The molecule has 0 saturated heterocycles. The Balaban J connectivity index is 2.06. The summed E-state index contributed by atoms with van der Waals surface area (Å²) in [5, 5.41) is 9.29. The van der Waals surface area contributed by atoms with Gasteiger partial charge in [-0.05, 0) is 47.2 Å². The van der Waals surface area contributed by atoms with E-state index in [0.717, 1.165) is 5.56 Å². The van der Waals surface area contributed by atoms with E-state index in [1.807, 2.05) is 12.1 Å². The number of aromatic hydroxyl groups is 1. The Hall–Kier alpha value is -2.28. The molecule has 0 atom stereocenters. The maximum atomic E-state index is 9.29. The van der Waals surface area contributed by atoms with Crippen LogP contribution in [0.1, 0.15) is 43.4 Å². The van der Waals surface area contributed by atoms with Crippen LogP contribution in [0, 0.1) is 0 Å². The van der Waals surface area contributed by atoms with E-state index in [0.29, 0.717) is 11.7 Å². The molecule has 21 heavy (non-hydrogen) atoms. The van der Waals surface area contributed by atoms with Crippen LogP contribution >= 0.6 is 0 Å². The van der Waals surface area contributed by atoms with E-state index in [1.165, 1.54) is 16.7 Å². The molecule has 1 N–H and O–H groups in total. The smallest absolute Gasteiger partial charge is 0.115 e. The summed E-state index contributed by atoms with van der Waals surface area (Å²) in [5.74, 6) is 0.868. The van der Waals surface area contributed by atoms with Crippen molar-refractivity contribution < 1.29 is 5.11 Å². The molecule has 0 aliphatic heterocycles. The van der Waals surface area contributed by atoms with Gasteiger partial charge in [-0.25, -0.2) is 0 Å². The summed E-state index contributed by atoms with van der Waals surface area (Å²) in [7, 11) is 0. The standard InChI is InChI=1S/C20H22O/c1-15(2)18-9-7-17(8-10-18)6-4-5-16(3)19-11-13-20(21)14-12-19/h4-15,21H,1-3H3. The lowest BCUT2D eigenvalue weighted by Gasteiger charge is -2.04. The largest absolute Gasteiger partial charge is 0.508 e. The number of rotatable bonds is 4. The molecule has 0 spiro atoms. The summed E-state index contributed by atoms with van der Waals surface area (Å²) in [6, 6.07) is 15.9. The van der Waals surface area contributed by atoms with Gasteiger partial charge in [-0.2, -0.15) is 0 Å². The van der Waals surface area contributed by atoms with Gasteiger partial charge in [-0.3, -0.25) is 0 Å². The summed E-state index contributed by atoms with van der Waals surface area (Å²) in [6.07, 6.45) is 6.25. The average Bonchev–Trinajstić information content (AvgIpc) is 2.48. The number of phenolic OH excluding ortho intramolecular Hbond substituents is 1. The van der Waals surface area contributed by atoms with Crippen LogP contribution in [0.2, 0.25) is 0 Å². The number of hydrogen-bond donors (Lipinski definition) is 1. The van der Waals surface area contributed by atoms with Crippen molar-refractivity contribution in [2.75, 3.05) is 0 Å². The summed E-state index contributed by atoms with van der Waals surface area (Å²) in [4.78, 5) is 0. The monoisotopic (exact) mass is 278 g/mol. The molecule has 1 nitrogen and oxygen atoms in total. The van der Waals surface area contributed by atoms with Crippen LogP contribution in [0.25, 0.3) is 11.6 Å². The Morgan fingerprint density at radius 1 is 0.952 bits per heavy atom. The van der Waals surface area contributed by atoms with Gasteiger partial charge in [0.25, 0.3) is 0 Å². The van der Waals surface area contributed by atoms with E-state index >= 15 is 0 Å². The molecule has 0 aliphatic rings. The summed E-state index contributed by atoms with van der Waals surface area (Å²) in [5.41, 5.74) is 4.86. The highest BCUT2D eigenvalue weighted by atomic mass is 16.3. The van der Waals surface area contributed by atoms with E-state index in [4.69, 9.17) is 0 Å². The van der Waals surface area contributed by atoms with Crippen LogP contribution in [-0.4, -0.2) is 5.11 Å². The van der Waals surface area contributed by atoms with Crippen LogP contribution in [0.3, 0.4) is 0 Å². The van der Waals surface area contributed by atoms with Gasteiger partial charge >= 0.3 is 0 Å². The molecular weight excluding hydrogens is 256 g/mol. The number of hydrogen-bond acceptors (Lipinski definition) is 1. The van der Waals surface area contributed by atoms with Crippen molar-refractivity contribution in [1.29, 1.82) is 0 Å². The highest BCUT2D eigenvalue weighted by molar-refractivity contribution is 5.67. The fourth-order valence-corrected chi connectivity index (χ4v) is 2.12. The fraction of sp³-hybridized carbons (Fsp3) is 0.200. The van der Waals surface area contributed by atoms with Gasteiger partial charge in [0.05, 0.1) is 0 Å². The van der Waals surface area contributed by atoms with Crippen molar-refractivity contribution in [2.45, 2.75) is 26.7 Å². The van der Waals surface area contributed by atoms with Gasteiger partial charge in [0.2, 0.25) is 0 Å². The molecular formula is C20H22O. The Morgan fingerprint density at radius 3 is 2.14 bits per heavy atom. The maximum Gasteiger partial charge on any atom is 0.115 e. The van der Waals surface area contributed by atoms with Crippen LogP contribution in [-0.2, 0) is 0 Å². The van der Waals surface area contributed by atoms with Gasteiger partial charge in [0, 0.05) is 0 Å². The van der Waals surface area contributed by atoms with Gasteiger partial charge in [-0.15, -0.1) is 0 Å². The first-order valence-corrected chi connectivity index (χ1v) is 7.30. The quantitative estimate of drug-likeness (QED) is 0.718. The first-order chi connectivity index (χ1) is 10.1. The van der Waals surface area contributed by atoms with Crippen molar-refractivity contribution in [3.8, 4) is 5.75 Å². The molecule has 0 aliphatic carbocycles. The third kappa shape index (κ3) is 4.35. The minimum atomic E-state index is 0.298. The van der Waals surface area contributed by atoms with Gasteiger partial charge in [0.1, 0.15) is 5.75 Å². The molecule has 108 valence electrons. The van der Waals surface area contributed by atoms with Crippen molar-refractivity contribution in [2.24, 2.45) is 0 Å². The Morgan fingerprint density at radius 2 is 1.57 bits per heavy atom. The van der Waals surface area contributed by atoms with E-state index in [1.54, 1.807) is 12.1 Å². The van der Waals surface area contributed by atoms with Crippen molar-refractivity contribution in [3.05, 3.63) is 77.4 Å².